The molecular formula is C22H30N2O3S. The van der Waals surface area contributed by atoms with Crippen LogP contribution in [-0.4, -0.2) is 20.3 Å². The summed E-state index contributed by atoms with van der Waals surface area (Å²) in [6, 6.07) is 11.6. The number of ether oxygens (including phenoxy) is 1. The van der Waals surface area contributed by atoms with Crippen molar-refractivity contribution in [3.8, 4) is 5.75 Å². The monoisotopic (exact) mass is 402 g/mol. The summed E-state index contributed by atoms with van der Waals surface area (Å²) in [5, 5.41) is 3.00. The molecule has 0 spiro atoms. The van der Waals surface area contributed by atoms with Crippen LogP contribution >= 0.6 is 0 Å². The molecule has 0 saturated heterocycles. The van der Waals surface area contributed by atoms with E-state index in [0.717, 1.165) is 40.7 Å². The summed E-state index contributed by atoms with van der Waals surface area (Å²) >= 11 is 0. The highest BCUT2D eigenvalue weighted by molar-refractivity contribution is 7.93. The third kappa shape index (κ3) is 5.19. The van der Waals surface area contributed by atoms with E-state index >= 15 is 0 Å². The van der Waals surface area contributed by atoms with E-state index in [-0.39, 0.29) is 0 Å². The van der Waals surface area contributed by atoms with Crippen LogP contribution in [0.1, 0.15) is 43.4 Å². The molecule has 6 heteroatoms. The van der Waals surface area contributed by atoms with E-state index in [2.05, 4.69) is 36.0 Å². The molecule has 0 aliphatic heterocycles. The lowest BCUT2D eigenvalue weighted by Crippen LogP contribution is -2.22. The van der Waals surface area contributed by atoms with Crippen molar-refractivity contribution in [2.24, 2.45) is 5.92 Å². The smallest absolute Gasteiger partial charge is 0.235 e. The number of hydrogen-bond acceptors (Lipinski definition) is 4. The number of sulfonamides is 1. The van der Waals surface area contributed by atoms with Gasteiger partial charge in [-0.05, 0) is 75.8 Å². The molecule has 152 valence electrons. The average Bonchev–Trinajstić information content (AvgIpc) is 3.46. The minimum Gasteiger partial charge on any atom is -0.493 e. The van der Waals surface area contributed by atoms with E-state index < -0.39 is 15.3 Å². The molecule has 28 heavy (non-hydrogen) atoms. The molecule has 2 aromatic carbocycles. The maximum absolute atomic E-state index is 12.0. The van der Waals surface area contributed by atoms with Gasteiger partial charge in [-0.15, -0.1) is 0 Å². The van der Waals surface area contributed by atoms with E-state index in [1.165, 1.54) is 12.8 Å². The number of hydrogen-bond donors (Lipinski definition) is 2. The van der Waals surface area contributed by atoms with Crippen molar-refractivity contribution in [1.82, 2.24) is 0 Å². The highest BCUT2D eigenvalue weighted by atomic mass is 32.2. The molecule has 0 unspecified atom stereocenters. The summed E-state index contributed by atoms with van der Waals surface area (Å²) in [6.07, 6.45) is 2.55. The Labute approximate surface area is 168 Å². The Hall–Kier alpha value is -2.21. The molecule has 3 rings (SSSR count). The number of anilines is 2. The van der Waals surface area contributed by atoms with Crippen molar-refractivity contribution in [2.45, 2.75) is 52.3 Å². The zero-order valence-corrected chi connectivity index (χ0v) is 17.9. The van der Waals surface area contributed by atoms with Crippen LogP contribution in [0.25, 0.3) is 0 Å². The SMILES string of the molecule is Cc1ccc(NCc2ccc(NS(=O)(=O)C(C)C)cc2)c(C)c1OCC1CC1. The predicted octanol–water partition coefficient (Wildman–Crippen LogP) is 4.85. The highest BCUT2D eigenvalue weighted by Crippen LogP contribution is 2.34. The van der Waals surface area contributed by atoms with Crippen molar-refractivity contribution in [1.29, 1.82) is 0 Å². The summed E-state index contributed by atoms with van der Waals surface area (Å²) in [5.41, 5.74) is 5.00. The molecule has 1 aliphatic carbocycles. The molecule has 2 N–H and O–H groups in total. The molecule has 0 radical (unpaired) electrons. The van der Waals surface area contributed by atoms with Crippen LogP contribution in [0.4, 0.5) is 11.4 Å². The van der Waals surface area contributed by atoms with Crippen molar-refractivity contribution in [2.75, 3.05) is 16.6 Å². The quantitative estimate of drug-likeness (QED) is 0.629. The fraction of sp³-hybridized carbons (Fsp3) is 0.455. The van der Waals surface area contributed by atoms with Crippen LogP contribution in [0, 0.1) is 19.8 Å². The van der Waals surface area contributed by atoms with E-state index in [4.69, 9.17) is 4.74 Å². The molecular weight excluding hydrogens is 372 g/mol. The lowest BCUT2D eigenvalue weighted by Gasteiger charge is -2.17. The van der Waals surface area contributed by atoms with Gasteiger partial charge in [0.25, 0.3) is 0 Å². The van der Waals surface area contributed by atoms with Crippen molar-refractivity contribution < 1.29 is 13.2 Å². The van der Waals surface area contributed by atoms with Gasteiger partial charge in [0.05, 0.1) is 11.9 Å². The molecule has 0 aromatic heterocycles. The van der Waals surface area contributed by atoms with Crippen LogP contribution < -0.4 is 14.8 Å². The minimum absolute atomic E-state index is 0.463. The third-order valence-electron chi connectivity index (χ3n) is 5.08. The largest absolute Gasteiger partial charge is 0.493 e. The maximum Gasteiger partial charge on any atom is 0.235 e. The summed E-state index contributed by atoms with van der Waals surface area (Å²) in [4.78, 5) is 0. The molecule has 1 fully saturated rings. The molecule has 0 bridgehead atoms. The van der Waals surface area contributed by atoms with Gasteiger partial charge in [0.1, 0.15) is 5.75 Å². The molecule has 0 amide bonds. The molecule has 1 aliphatic rings. The van der Waals surface area contributed by atoms with E-state index in [0.29, 0.717) is 12.2 Å². The number of rotatable bonds is 9. The van der Waals surface area contributed by atoms with Gasteiger partial charge < -0.3 is 10.1 Å². The second-order valence-electron chi connectivity index (χ2n) is 7.88. The Kier molecular flexibility index (Phi) is 6.18. The fourth-order valence-corrected chi connectivity index (χ4v) is 3.60. The first-order chi connectivity index (χ1) is 13.3. The van der Waals surface area contributed by atoms with Crippen LogP contribution in [0.2, 0.25) is 0 Å². The van der Waals surface area contributed by atoms with Gasteiger partial charge in [-0.1, -0.05) is 18.2 Å². The first-order valence-electron chi connectivity index (χ1n) is 9.83. The van der Waals surface area contributed by atoms with Crippen molar-refractivity contribution in [3.63, 3.8) is 0 Å². The Balaban J connectivity index is 1.63. The van der Waals surface area contributed by atoms with Crippen LogP contribution in [0.3, 0.4) is 0 Å². The van der Waals surface area contributed by atoms with E-state index in [9.17, 15) is 8.42 Å². The second-order valence-corrected chi connectivity index (χ2v) is 10.1. The predicted molar refractivity (Wildman–Crippen MR) is 116 cm³/mol. The Morgan fingerprint density at radius 3 is 2.36 bits per heavy atom. The van der Waals surface area contributed by atoms with Gasteiger partial charge in [-0.2, -0.15) is 0 Å². The first-order valence-corrected chi connectivity index (χ1v) is 11.4. The van der Waals surface area contributed by atoms with Crippen molar-refractivity contribution in [3.05, 3.63) is 53.1 Å². The fourth-order valence-electron chi connectivity index (χ4n) is 2.90. The summed E-state index contributed by atoms with van der Waals surface area (Å²) in [6.45, 7) is 8.94. The topological polar surface area (TPSA) is 67.4 Å². The second kappa shape index (κ2) is 8.43. The maximum atomic E-state index is 12.0. The normalized spacial score (nSPS) is 14.2. The lowest BCUT2D eigenvalue weighted by atomic mass is 10.1. The molecule has 5 nitrogen and oxygen atoms in total. The van der Waals surface area contributed by atoms with Gasteiger partial charge >= 0.3 is 0 Å². The average molecular weight is 403 g/mol. The Bertz CT molecular complexity index is 918. The van der Waals surface area contributed by atoms with E-state index in [1.807, 2.05) is 12.1 Å². The number of benzene rings is 2. The Morgan fingerprint density at radius 2 is 1.75 bits per heavy atom. The van der Waals surface area contributed by atoms with Gasteiger partial charge in [0.15, 0.2) is 0 Å². The molecule has 0 heterocycles. The summed E-state index contributed by atoms with van der Waals surface area (Å²) < 4.78 is 32.6. The zero-order valence-electron chi connectivity index (χ0n) is 17.1. The van der Waals surface area contributed by atoms with Crippen LogP contribution in [0.5, 0.6) is 5.75 Å². The highest BCUT2D eigenvalue weighted by Gasteiger charge is 2.23. The summed E-state index contributed by atoms with van der Waals surface area (Å²) in [7, 11) is -3.32. The van der Waals surface area contributed by atoms with Crippen LogP contribution in [-0.2, 0) is 16.6 Å². The van der Waals surface area contributed by atoms with Gasteiger partial charge in [0, 0.05) is 23.5 Å². The summed E-state index contributed by atoms with van der Waals surface area (Å²) in [5.74, 6) is 1.71. The number of aryl methyl sites for hydroxylation is 1. The zero-order chi connectivity index (χ0) is 20.3. The van der Waals surface area contributed by atoms with Gasteiger partial charge in [0.2, 0.25) is 10.0 Å². The first kappa shape index (κ1) is 20.5. The van der Waals surface area contributed by atoms with E-state index in [1.54, 1.807) is 26.0 Å². The standard InChI is InChI=1S/C22H30N2O3S/c1-15(2)28(25,26)24-20-10-8-18(9-11-20)13-23-21-12-5-16(3)22(17(21)4)27-14-19-6-7-19/h5,8-12,15,19,23-24H,6-7,13-14H2,1-4H3. The van der Waals surface area contributed by atoms with Crippen molar-refractivity contribution >= 4 is 21.4 Å². The van der Waals surface area contributed by atoms with Gasteiger partial charge in [-0.3, -0.25) is 4.72 Å². The molecule has 0 atom stereocenters. The number of nitrogens with one attached hydrogen (secondary N) is 2. The molecule has 2 aromatic rings. The minimum atomic E-state index is -3.32. The lowest BCUT2D eigenvalue weighted by molar-refractivity contribution is 0.296. The van der Waals surface area contributed by atoms with Gasteiger partial charge in [-0.25, -0.2) is 8.42 Å². The molecule has 1 saturated carbocycles. The third-order valence-corrected chi connectivity index (χ3v) is 6.84. The van der Waals surface area contributed by atoms with Crippen LogP contribution in [0.15, 0.2) is 36.4 Å². The Morgan fingerprint density at radius 1 is 1.07 bits per heavy atom.